The summed E-state index contributed by atoms with van der Waals surface area (Å²) in [5.74, 6) is 0.0669. The molecule has 0 aromatic heterocycles. The Morgan fingerprint density at radius 2 is 2.15 bits per heavy atom. The van der Waals surface area contributed by atoms with Crippen molar-refractivity contribution in [2.75, 3.05) is 5.73 Å². The van der Waals surface area contributed by atoms with Gasteiger partial charge in [-0.05, 0) is 25.5 Å². The molecular weight excluding hydrogens is 230 g/mol. The second-order valence-electron chi connectivity index (χ2n) is 3.11. The molecule has 3 heteroatoms. The monoisotopic (exact) mass is 241 g/mol. The summed E-state index contributed by atoms with van der Waals surface area (Å²) in [6.07, 6.45) is 0. The van der Waals surface area contributed by atoms with Crippen LogP contribution < -0.4 is 5.73 Å². The average Bonchev–Trinajstić information content (AvgIpc) is 2.08. The van der Waals surface area contributed by atoms with Crippen LogP contribution in [0.5, 0.6) is 0 Å². The van der Waals surface area contributed by atoms with Gasteiger partial charge >= 0.3 is 0 Å². The second kappa shape index (κ2) is 3.92. The minimum atomic E-state index is -0.285. The first-order valence-corrected chi connectivity index (χ1v) is 4.94. The quantitative estimate of drug-likeness (QED) is 0.639. The Kier molecular flexibility index (Phi) is 3.09. The number of rotatable bonds is 2. The van der Waals surface area contributed by atoms with E-state index in [0.29, 0.717) is 5.69 Å². The topological polar surface area (TPSA) is 43.1 Å². The number of hydrogen-bond acceptors (Lipinski definition) is 2. The van der Waals surface area contributed by atoms with Crippen LogP contribution in [-0.2, 0) is 4.79 Å². The number of alkyl halides is 1. The van der Waals surface area contributed by atoms with Gasteiger partial charge in [0.05, 0.1) is 4.83 Å². The molecule has 0 bridgehead atoms. The Morgan fingerprint density at radius 1 is 1.54 bits per heavy atom. The van der Waals surface area contributed by atoms with Crippen molar-refractivity contribution in [3.05, 3.63) is 29.3 Å². The van der Waals surface area contributed by atoms with Gasteiger partial charge in [0.15, 0.2) is 0 Å². The molecule has 1 rings (SSSR count). The predicted molar refractivity (Wildman–Crippen MR) is 57.9 cm³/mol. The molecular formula is C10H12BrNO. The zero-order valence-electron chi connectivity index (χ0n) is 7.67. The van der Waals surface area contributed by atoms with Crippen LogP contribution in [-0.4, -0.2) is 5.78 Å². The van der Waals surface area contributed by atoms with Crippen LogP contribution >= 0.6 is 15.9 Å². The summed E-state index contributed by atoms with van der Waals surface area (Å²) in [6, 6.07) is 5.68. The first-order chi connectivity index (χ1) is 6.02. The largest absolute Gasteiger partial charge is 0.398 e. The van der Waals surface area contributed by atoms with E-state index < -0.39 is 0 Å². The molecule has 1 unspecified atom stereocenters. The van der Waals surface area contributed by atoms with E-state index >= 15 is 0 Å². The summed E-state index contributed by atoms with van der Waals surface area (Å²) in [5, 5.41) is 0. The number of halogens is 1. The van der Waals surface area contributed by atoms with Crippen LogP contribution in [0.4, 0.5) is 5.69 Å². The molecule has 0 aliphatic carbocycles. The highest BCUT2D eigenvalue weighted by Gasteiger charge is 2.15. The highest BCUT2D eigenvalue weighted by Crippen LogP contribution is 2.29. The van der Waals surface area contributed by atoms with E-state index in [1.807, 2.05) is 25.1 Å². The maximum absolute atomic E-state index is 11.1. The van der Waals surface area contributed by atoms with Gasteiger partial charge in [-0.2, -0.15) is 0 Å². The van der Waals surface area contributed by atoms with E-state index in [4.69, 9.17) is 5.73 Å². The number of aryl methyl sites for hydroxylation is 1. The molecule has 0 radical (unpaired) electrons. The van der Waals surface area contributed by atoms with E-state index in [1.165, 1.54) is 0 Å². The molecule has 0 amide bonds. The SMILES string of the molecule is CC(=O)C(Br)c1cc(C)ccc1N. The number of Topliss-reactive ketones (excluding diaryl/α,β-unsaturated/α-hetero) is 1. The number of carbonyl (C=O) groups is 1. The number of nitrogen functional groups attached to an aromatic ring is 1. The first-order valence-electron chi connectivity index (χ1n) is 4.03. The van der Waals surface area contributed by atoms with Crippen LogP contribution in [0.25, 0.3) is 0 Å². The molecule has 0 saturated carbocycles. The number of carbonyl (C=O) groups excluding carboxylic acids is 1. The molecule has 0 fully saturated rings. The summed E-state index contributed by atoms with van der Waals surface area (Å²) < 4.78 is 0. The highest BCUT2D eigenvalue weighted by molar-refractivity contribution is 9.09. The zero-order valence-corrected chi connectivity index (χ0v) is 9.26. The van der Waals surface area contributed by atoms with Crippen LogP contribution in [0.1, 0.15) is 22.9 Å². The molecule has 2 nitrogen and oxygen atoms in total. The third-order valence-electron chi connectivity index (χ3n) is 1.87. The van der Waals surface area contributed by atoms with Gasteiger partial charge in [-0.3, -0.25) is 4.79 Å². The van der Waals surface area contributed by atoms with Crippen LogP contribution in [0, 0.1) is 6.92 Å². The van der Waals surface area contributed by atoms with Gasteiger partial charge in [0.1, 0.15) is 5.78 Å². The minimum absolute atomic E-state index is 0.0669. The van der Waals surface area contributed by atoms with Crippen LogP contribution in [0.15, 0.2) is 18.2 Å². The fraction of sp³-hybridized carbons (Fsp3) is 0.300. The maximum Gasteiger partial charge on any atom is 0.147 e. The fourth-order valence-corrected chi connectivity index (χ4v) is 1.53. The first kappa shape index (κ1) is 10.3. The Labute approximate surface area is 86.3 Å². The zero-order chi connectivity index (χ0) is 10.0. The number of nitrogens with two attached hydrogens (primary N) is 1. The van der Waals surface area contributed by atoms with Gasteiger partial charge in [-0.1, -0.05) is 33.6 Å². The lowest BCUT2D eigenvalue weighted by Crippen LogP contribution is -2.04. The standard InChI is InChI=1S/C10H12BrNO/c1-6-3-4-9(12)8(5-6)10(11)7(2)13/h3-5,10H,12H2,1-2H3. The van der Waals surface area contributed by atoms with Crippen molar-refractivity contribution in [2.24, 2.45) is 0 Å². The van der Waals surface area contributed by atoms with Gasteiger partial charge in [0, 0.05) is 5.69 Å². The van der Waals surface area contributed by atoms with E-state index in [0.717, 1.165) is 11.1 Å². The van der Waals surface area contributed by atoms with Crippen molar-refractivity contribution in [2.45, 2.75) is 18.7 Å². The van der Waals surface area contributed by atoms with E-state index in [1.54, 1.807) is 6.92 Å². The molecule has 0 spiro atoms. The van der Waals surface area contributed by atoms with Crippen molar-refractivity contribution >= 4 is 27.4 Å². The summed E-state index contributed by atoms with van der Waals surface area (Å²) in [6.45, 7) is 3.52. The molecule has 0 saturated heterocycles. The molecule has 0 heterocycles. The molecule has 1 aromatic rings. The Morgan fingerprint density at radius 3 is 2.69 bits per heavy atom. The second-order valence-corrected chi connectivity index (χ2v) is 4.02. The average molecular weight is 242 g/mol. The third kappa shape index (κ3) is 2.31. The van der Waals surface area contributed by atoms with Crippen molar-refractivity contribution in [3.8, 4) is 0 Å². The maximum atomic E-state index is 11.1. The lowest BCUT2D eigenvalue weighted by molar-refractivity contribution is -0.116. The van der Waals surface area contributed by atoms with Crippen molar-refractivity contribution in [1.29, 1.82) is 0 Å². The van der Waals surface area contributed by atoms with Gasteiger partial charge in [-0.15, -0.1) is 0 Å². The van der Waals surface area contributed by atoms with Gasteiger partial charge < -0.3 is 5.73 Å². The third-order valence-corrected chi connectivity index (χ3v) is 3.01. The van der Waals surface area contributed by atoms with Crippen LogP contribution in [0.3, 0.4) is 0 Å². The molecule has 13 heavy (non-hydrogen) atoms. The molecule has 1 aromatic carbocycles. The van der Waals surface area contributed by atoms with Crippen molar-refractivity contribution < 1.29 is 4.79 Å². The Bertz CT molecular complexity index is 336. The van der Waals surface area contributed by atoms with Crippen LogP contribution in [0.2, 0.25) is 0 Å². The number of hydrogen-bond donors (Lipinski definition) is 1. The number of benzene rings is 1. The fourth-order valence-electron chi connectivity index (χ4n) is 1.13. The predicted octanol–water partition coefficient (Wildman–Crippen LogP) is 2.60. The van der Waals surface area contributed by atoms with E-state index in [-0.39, 0.29) is 10.6 Å². The Balaban J connectivity index is 3.12. The molecule has 0 aliphatic rings. The summed E-state index contributed by atoms with van der Waals surface area (Å²) in [5.41, 5.74) is 8.36. The van der Waals surface area contributed by atoms with Crippen molar-refractivity contribution in [3.63, 3.8) is 0 Å². The van der Waals surface area contributed by atoms with E-state index in [2.05, 4.69) is 15.9 Å². The van der Waals surface area contributed by atoms with E-state index in [9.17, 15) is 4.79 Å². The smallest absolute Gasteiger partial charge is 0.147 e. The van der Waals surface area contributed by atoms with Gasteiger partial charge in [0.25, 0.3) is 0 Å². The molecule has 0 aliphatic heterocycles. The molecule has 1 atom stereocenters. The number of anilines is 1. The highest BCUT2D eigenvalue weighted by atomic mass is 79.9. The summed E-state index contributed by atoms with van der Waals surface area (Å²) in [7, 11) is 0. The van der Waals surface area contributed by atoms with Crippen molar-refractivity contribution in [1.82, 2.24) is 0 Å². The minimum Gasteiger partial charge on any atom is -0.398 e. The molecule has 70 valence electrons. The lowest BCUT2D eigenvalue weighted by atomic mass is 10.0. The summed E-state index contributed by atoms with van der Waals surface area (Å²) in [4.78, 5) is 10.8. The normalized spacial score (nSPS) is 12.5. The Hall–Kier alpha value is -0.830. The summed E-state index contributed by atoms with van der Waals surface area (Å²) >= 11 is 3.31. The molecule has 2 N–H and O–H groups in total. The lowest BCUT2D eigenvalue weighted by Gasteiger charge is -2.10. The number of ketones is 1. The van der Waals surface area contributed by atoms with Gasteiger partial charge in [0.2, 0.25) is 0 Å². The van der Waals surface area contributed by atoms with Gasteiger partial charge in [-0.25, -0.2) is 0 Å².